The first kappa shape index (κ1) is 15.3. The van der Waals surface area contributed by atoms with Crippen LogP contribution in [0.15, 0.2) is 24.3 Å². The fraction of sp³-hybridized carbons (Fsp3) is 0.611. The Balaban J connectivity index is 1.60. The number of piperidine rings is 2. The van der Waals surface area contributed by atoms with Gasteiger partial charge >= 0.3 is 0 Å². The summed E-state index contributed by atoms with van der Waals surface area (Å²) in [5, 5.41) is 3.13. The third kappa shape index (κ3) is 3.27. The number of methoxy groups -OCH3 is 1. The van der Waals surface area contributed by atoms with Gasteiger partial charge in [0.05, 0.1) is 12.7 Å². The summed E-state index contributed by atoms with van der Waals surface area (Å²) in [5.74, 6) is 1.21. The normalized spacial score (nSPS) is 25.3. The van der Waals surface area contributed by atoms with Crippen molar-refractivity contribution in [2.75, 3.05) is 26.7 Å². The van der Waals surface area contributed by atoms with Crippen LogP contribution in [0, 0.1) is 5.92 Å². The zero-order valence-electron chi connectivity index (χ0n) is 13.4. The van der Waals surface area contributed by atoms with Gasteiger partial charge in [-0.05, 0) is 56.8 Å². The number of amides is 1. The number of hydrogen-bond donors (Lipinski definition) is 1. The number of para-hydroxylation sites is 1. The molecule has 1 aromatic rings. The largest absolute Gasteiger partial charge is 0.496 e. The van der Waals surface area contributed by atoms with Gasteiger partial charge in [0.2, 0.25) is 0 Å². The number of benzene rings is 1. The molecule has 22 heavy (non-hydrogen) atoms. The van der Waals surface area contributed by atoms with Crippen LogP contribution in [0.1, 0.15) is 42.5 Å². The number of rotatable bonds is 4. The van der Waals surface area contributed by atoms with Gasteiger partial charge in [0.15, 0.2) is 0 Å². The Bertz CT molecular complexity index is 516. The van der Waals surface area contributed by atoms with Crippen molar-refractivity contribution >= 4 is 5.91 Å². The van der Waals surface area contributed by atoms with E-state index >= 15 is 0 Å². The Labute approximate surface area is 132 Å². The molecule has 0 spiro atoms. The molecule has 0 unspecified atom stereocenters. The molecule has 2 aliphatic rings. The highest BCUT2D eigenvalue weighted by molar-refractivity contribution is 5.96. The Morgan fingerprint density at radius 1 is 1.23 bits per heavy atom. The second kappa shape index (κ2) is 7.14. The zero-order chi connectivity index (χ0) is 15.4. The molecule has 1 amide bonds. The molecular formula is C18H26N2O2. The van der Waals surface area contributed by atoms with Crippen LogP contribution in [0.5, 0.6) is 5.75 Å². The van der Waals surface area contributed by atoms with Crippen LogP contribution in [0.4, 0.5) is 0 Å². The molecule has 4 nitrogen and oxygen atoms in total. The molecule has 2 heterocycles. The molecule has 2 fully saturated rings. The maximum absolute atomic E-state index is 12.4. The van der Waals surface area contributed by atoms with Crippen molar-refractivity contribution in [2.45, 2.75) is 38.1 Å². The van der Waals surface area contributed by atoms with Crippen molar-refractivity contribution in [3.05, 3.63) is 29.8 Å². The van der Waals surface area contributed by atoms with Gasteiger partial charge in [0.1, 0.15) is 5.75 Å². The van der Waals surface area contributed by atoms with Crippen LogP contribution in [-0.4, -0.2) is 43.6 Å². The summed E-state index contributed by atoms with van der Waals surface area (Å²) in [7, 11) is 1.60. The SMILES string of the molecule is COc1ccccc1C(=O)NC[C@H]1CCCN2CCCC[C@@H]12. The predicted molar refractivity (Wildman–Crippen MR) is 87.3 cm³/mol. The van der Waals surface area contributed by atoms with Crippen LogP contribution >= 0.6 is 0 Å². The van der Waals surface area contributed by atoms with Gasteiger partial charge in [-0.15, -0.1) is 0 Å². The highest BCUT2D eigenvalue weighted by atomic mass is 16.5. The Morgan fingerprint density at radius 2 is 2.05 bits per heavy atom. The maximum atomic E-state index is 12.4. The van der Waals surface area contributed by atoms with Crippen LogP contribution in [0.2, 0.25) is 0 Å². The minimum atomic E-state index is -0.0228. The van der Waals surface area contributed by atoms with Gasteiger partial charge in [-0.3, -0.25) is 4.79 Å². The zero-order valence-corrected chi connectivity index (χ0v) is 13.4. The summed E-state index contributed by atoms with van der Waals surface area (Å²) in [6, 6.07) is 8.08. The Hall–Kier alpha value is -1.55. The summed E-state index contributed by atoms with van der Waals surface area (Å²) < 4.78 is 5.28. The molecular weight excluding hydrogens is 276 g/mol. The number of nitrogens with zero attached hydrogens (tertiary/aromatic N) is 1. The molecule has 0 radical (unpaired) electrons. The van der Waals surface area contributed by atoms with E-state index in [0.717, 1.165) is 6.54 Å². The van der Waals surface area contributed by atoms with E-state index < -0.39 is 0 Å². The van der Waals surface area contributed by atoms with E-state index in [1.807, 2.05) is 24.3 Å². The second-order valence-electron chi connectivity index (χ2n) is 6.41. The molecule has 1 N–H and O–H groups in total. The molecule has 2 aliphatic heterocycles. The number of nitrogens with one attached hydrogen (secondary N) is 1. The Kier molecular flexibility index (Phi) is 4.98. The van der Waals surface area contributed by atoms with E-state index in [2.05, 4.69) is 10.2 Å². The molecule has 4 heteroatoms. The van der Waals surface area contributed by atoms with Crippen molar-refractivity contribution < 1.29 is 9.53 Å². The molecule has 0 aromatic heterocycles. The minimum absolute atomic E-state index is 0.0228. The molecule has 2 atom stereocenters. The lowest BCUT2D eigenvalue weighted by molar-refractivity contribution is 0.0575. The molecule has 3 rings (SSSR count). The van der Waals surface area contributed by atoms with E-state index in [0.29, 0.717) is 23.3 Å². The summed E-state index contributed by atoms with van der Waals surface area (Å²) in [6.07, 6.45) is 6.43. The van der Waals surface area contributed by atoms with Crippen LogP contribution in [-0.2, 0) is 0 Å². The molecule has 1 aromatic carbocycles. The van der Waals surface area contributed by atoms with Gasteiger partial charge in [0.25, 0.3) is 5.91 Å². The topological polar surface area (TPSA) is 41.6 Å². The van der Waals surface area contributed by atoms with Crippen molar-refractivity contribution in [1.82, 2.24) is 10.2 Å². The summed E-state index contributed by atoms with van der Waals surface area (Å²) in [4.78, 5) is 15.1. The summed E-state index contributed by atoms with van der Waals surface area (Å²) >= 11 is 0. The van der Waals surface area contributed by atoms with Gasteiger partial charge in [-0.2, -0.15) is 0 Å². The number of ether oxygens (including phenoxy) is 1. The third-order valence-electron chi connectivity index (χ3n) is 5.11. The van der Waals surface area contributed by atoms with E-state index in [9.17, 15) is 4.79 Å². The van der Waals surface area contributed by atoms with Gasteiger partial charge in [-0.25, -0.2) is 0 Å². The lowest BCUT2D eigenvalue weighted by atomic mass is 9.83. The average Bonchev–Trinajstić information content (AvgIpc) is 2.59. The summed E-state index contributed by atoms with van der Waals surface area (Å²) in [5.41, 5.74) is 0.626. The smallest absolute Gasteiger partial charge is 0.255 e. The fourth-order valence-corrected chi connectivity index (χ4v) is 3.97. The van der Waals surface area contributed by atoms with E-state index in [1.165, 1.54) is 45.2 Å². The first-order chi connectivity index (χ1) is 10.8. The van der Waals surface area contributed by atoms with Crippen molar-refractivity contribution in [3.63, 3.8) is 0 Å². The van der Waals surface area contributed by atoms with Crippen LogP contribution < -0.4 is 10.1 Å². The van der Waals surface area contributed by atoms with E-state index in [4.69, 9.17) is 4.74 Å². The Morgan fingerprint density at radius 3 is 2.91 bits per heavy atom. The number of carbonyl (C=O) groups excluding carboxylic acids is 1. The fourth-order valence-electron chi connectivity index (χ4n) is 3.97. The second-order valence-corrected chi connectivity index (χ2v) is 6.41. The average molecular weight is 302 g/mol. The maximum Gasteiger partial charge on any atom is 0.255 e. The number of carbonyl (C=O) groups is 1. The van der Waals surface area contributed by atoms with Crippen molar-refractivity contribution in [3.8, 4) is 5.75 Å². The highest BCUT2D eigenvalue weighted by Gasteiger charge is 2.33. The van der Waals surface area contributed by atoms with Crippen molar-refractivity contribution in [1.29, 1.82) is 0 Å². The molecule has 0 aliphatic carbocycles. The van der Waals surface area contributed by atoms with Gasteiger partial charge in [0, 0.05) is 12.6 Å². The minimum Gasteiger partial charge on any atom is -0.496 e. The lowest BCUT2D eigenvalue weighted by Crippen LogP contribution is -2.51. The van der Waals surface area contributed by atoms with Crippen LogP contribution in [0.25, 0.3) is 0 Å². The van der Waals surface area contributed by atoms with E-state index in [1.54, 1.807) is 7.11 Å². The van der Waals surface area contributed by atoms with Crippen molar-refractivity contribution in [2.24, 2.45) is 5.92 Å². The van der Waals surface area contributed by atoms with Crippen LogP contribution in [0.3, 0.4) is 0 Å². The monoisotopic (exact) mass is 302 g/mol. The lowest BCUT2D eigenvalue weighted by Gasteiger charge is -2.44. The molecule has 0 bridgehead atoms. The first-order valence-electron chi connectivity index (χ1n) is 8.45. The van der Waals surface area contributed by atoms with Gasteiger partial charge in [-0.1, -0.05) is 18.6 Å². The van der Waals surface area contributed by atoms with Gasteiger partial charge < -0.3 is 15.0 Å². The molecule has 0 saturated carbocycles. The van der Waals surface area contributed by atoms with E-state index in [-0.39, 0.29) is 5.91 Å². The highest BCUT2D eigenvalue weighted by Crippen LogP contribution is 2.30. The number of hydrogen-bond acceptors (Lipinski definition) is 3. The summed E-state index contributed by atoms with van der Waals surface area (Å²) in [6.45, 7) is 3.25. The number of fused-ring (bicyclic) bond motifs is 1. The first-order valence-corrected chi connectivity index (χ1v) is 8.45. The quantitative estimate of drug-likeness (QED) is 0.930. The third-order valence-corrected chi connectivity index (χ3v) is 5.11. The predicted octanol–water partition coefficient (Wildman–Crippen LogP) is 2.69. The molecule has 120 valence electrons. The standard InChI is InChI=1S/C18H26N2O2/c1-22-17-10-3-2-8-15(17)18(21)19-13-14-7-6-12-20-11-5-4-9-16(14)20/h2-3,8,10,14,16H,4-7,9,11-13H2,1H3,(H,19,21)/t14-,16+/m1/s1. The molecule has 2 saturated heterocycles.